The van der Waals surface area contributed by atoms with E-state index in [1.54, 1.807) is 0 Å². The zero-order valence-electron chi connectivity index (χ0n) is 32.8. The van der Waals surface area contributed by atoms with Gasteiger partial charge in [-0.2, -0.15) is 0 Å². The van der Waals surface area contributed by atoms with E-state index >= 15 is 0 Å². The van der Waals surface area contributed by atoms with Crippen LogP contribution < -0.4 is 26.0 Å². The fourth-order valence-corrected chi connectivity index (χ4v) is 9.33. The summed E-state index contributed by atoms with van der Waals surface area (Å²) < 4.78 is 7.01. The van der Waals surface area contributed by atoms with Crippen LogP contribution in [0.5, 0.6) is 11.5 Å². The highest BCUT2D eigenvalue weighted by molar-refractivity contribution is 6.98. The van der Waals surface area contributed by atoms with Gasteiger partial charge in [-0.15, -0.1) is 0 Å². The molecular weight excluding hydrogens is 689 g/mol. The molecule has 0 aliphatic carbocycles. The topological polar surface area (TPSA) is 12.5 Å². The lowest BCUT2D eigenvalue weighted by Crippen LogP contribution is -2.56. The van der Waals surface area contributed by atoms with Crippen molar-refractivity contribution in [3.8, 4) is 33.8 Å². The highest BCUT2D eigenvalue weighted by Crippen LogP contribution is 2.49. The monoisotopic (exact) mass is 731 g/mol. The average Bonchev–Trinajstić information content (AvgIpc) is 3.24. The molecule has 0 atom stereocenters. The third kappa shape index (κ3) is 5.90. The smallest absolute Gasteiger partial charge is 0.243 e. The van der Waals surface area contributed by atoms with E-state index in [4.69, 9.17) is 4.74 Å². The van der Waals surface area contributed by atoms with Crippen molar-refractivity contribution in [3.63, 3.8) is 0 Å². The summed E-state index contributed by atoms with van der Waals surface area (Å²) in [5, 5.41) is 4.80. The largest absolute Gasteiger partial charge is 0.456 e. The number of ether oxygens (including phenoxy) is 1. The molecule has 0 N–H and O–H groups in total. The summed E-state index contributed by atoms with van der Waals surface area (Å²) in [4.78, 5) is 2.37. The Morgan fingerprint density at radius 1 is 0.421 bits per heavy atom. The van der Waals surface area contributed by atoms with Crippen molar-refractivity contribution in [2.45, 2.75) is 27.7 Å². The summed E-state index contributed by atoms with van der Waals surface area (Å²) in [5.74, 6) is 1.74. The Morgan fingerprint density at radius 3 is 1.75 bits per heavy atom. The Hall–Kier alpha value is -6.84. The summed E-state index contributed by atoms with van der Waals surface area (Å²) in [5.41, 5.74) is 17.1. The maximum absolute atomic E-state index is 7.01. The molecule has 0 spiro atoms. The maximum Gasteiger partial charge on any atom is 0.243 e. The van der Waals surface area contributed by atoms with Crippen molar-refractivity contribution < 1.29 is 4.74 Å². The quantitative estimate of drug-likeness (QED) is 0.151. The van der Waals surface area contributed by atoms with E-state index in [1.165, 1.54) is 71.3 Å². The maximum atomic E-state index is 7.01. The predicted molar refractivity (Wildman–Crippen MR) is 244 cm³/mol. The first-order valence-corrected chi connectivity index (χ1v) is 19.9. The van der Waals surface area contributed by atoms with E-state index in [9.17, 15) is 0 Å². The second-order valence-corrected chi connectivity index (χ2v) is 15.5. The molecule has 0 unspecified atom stereocenters. The lowest BCUT2D eigenvalue weighted by Gasteiger charge is -2.30. The summed E-state index contributed by atoms with van der Waals surface area (Å²) in [7, 11) is 0. The van der Waals surface area contributed by atoms with Crippen LogP contribution in [0.25, 0.3) is 43.8 Å². The van der Waals surface area contributed by atoms with E-state index in [1.807, 2.05) is 0 Å². The van der Waals surface area contributed by atoms with Gasteiger partial charge in [0.25, 0.3) is 0 Å². The molecule has 2 nitrogen and oxygen atoms in total. The molecule has 1 heterocycles. The first kappa shape index (κ1) is 34.6. The Morgan fingerprint density at radius 2 is 1.02 bits per heavy atom. The Bertz CT molecular complexity index is 2910. The molecule has 0 bridgehead atoms. The molecule has 9 aromatic carbocycles. The zero-order chi connectivity index (χ0) is 38.6. The fraction of sp³-hybridized carbons (Fsp3) is 0.0741. The van der Waals surface area contributed by atoms with Gasteiger partial charge in [0, 0.05) is 34.0 Å². The standard InChI is InChI=1S/C54H42BNO/c1-35-15-12-16-36(2)53(35)55(54-37(3)17-13-18-38(54)4)48-32-31-46-45-30-29-43(34-51(45)57-50-26-14-24-47(48)52(46)50)56(42-28-27-39-19-8-9-22-41(39)33-42)49-25-11-10-23-44(49)40-20-6-5-7-21-40/h5-34H,1-4H3. The summed E-state index contributed by atoms with van der Waals surface area (Å²) >= 11 is 0. The van der Waals surface area contributed by atoms with Crippen LogP contribution in [-0.2, 0) is 0 Å². The SMILES string of the molecule is Cc1cccc(C)c1B(c1c(C)cccc1C)c1ccc2c3c(cccc13)Oc1cc(N(c3ccc4ccccc4c3)c3ccccc3-c3ccccc3)ccc1-2. The van der Waals surface area contributed by atoms with Gasteiger partial charge >= 0.3 is 0 Å². The normalized spacial score (nSPS) is 11.6. The number of benzene rings is 9. The highest BCUT2D eigenvalue weighted by atomic mass is 16.5. The second-order valence-electron chi connectivity index (χ2n) is 15.5. The number of para-hydroxylation sites is 1. The molecule has 57 heavy (non-hydrogen) atoms. The molecule has 0 amide bonds. The van der Waals surface area contributed by atoms with Crippen molar-refractivity contribution in [1.29, 1.82) is 0 Å². The van der Waals surface area contributed by atoms with Gasteiger partial charge in [0.05, 0.1) is 5.69 Å². The van der Waals surface area contributed by atoms with Crippen LogP contribution in [0.15, 0.2) is 182 Å². The highest BCUT2D eigenvalue weighted by Gasteiger charge is 2.32. The molecule has 0 saturated heterocycles. The summed E-state index contributed by atoms with van der Waals surface area (Å²) in [6, 6.07) is 66.0. The van der Waals surface area contributed by atoms with E-state index in [0.29, 0.717) is 0 Å². The Labute approximate surface area is 335 Å². The van der Waals surface area contributed by atoms with Gasteiger partial charge < -0.3 is 9.64 Å². The molecule has 3 heteroatoms. The van der Waals surface area contributed by atoms with Gasteiger partial charge in [0.15, 0.2) is 0 Å². The summed E-state index contributed by atoms with van der Waals surface area (Å²) in [6.45, 7) is 9.09. The third-order valence-electron chi connectivity index (χ3n) is 12.0. The molecule has 1 aliphatic rings. The van der Waals surface area contributed by atoms with Gasteiger partial charge in [-0.3, -0.25) is 0 Å². The molecule has 10 rings (SSSR count). The van der Waals surface area contributed by atoms with Crippen LogP contribution in [0, 0.1) is 27.7 Å². The van der Waals surface area contributed by atoms with Crippen LogP contribution in [0.3, 0.4) is 0 Å². The number of fused-ring (bicyclic) bond motifs is 3. The van der Waals surface area contributed by atoms with Gasteiger partial charge in [-0.05, 0) is 91.4 Å². The first-order chi connectivity index (χ1) is 27.9. The van der Waals surface area contributed by atoms with E-state index in [-0.39, 0.29) is 6.71 Å². The molecule has 272 valence electrons. The molecule has 9 aromatic rings. The van der Waals surface area contributed by atoms with E-state index < -0.39 is 0 Å². The zero-order valence-corrected chi connectivity index (χ0v) is 32.8. The number of hydrogen-bond donors (Lipinski definition) is 0. The van der Waals surface area contributed by atoms with Gasteiger partial charge in [-0.25, -0.2) is 0 Å². The second kappa shape index (κ2) is 14.0. The van der Waals surface area contributed by atoms with Crippen molar-refractivity contribution in [2.24, 2.45) is 0 Å². The van der Waals surface area contributed by atoms with Crippen LogP contribution in [0.2, 0.25) is 0 Å². The van der Waals surface area contributed by atoms with Gasteiger partial charge in [0.1, 0.15) is 11.5 Å². The molecule has 0 saturated carbocycles. The van der Waals surface area contributed by atoms with E-state index in [2.05, 4.69) is 215 Å². The summed E-state index contributed by atoms with van der Waals surface area (Å²) in [6.07, 6.45) is 0. The van der Waals surface area contributed by atoms with Crippen molar-refractivity contribution in [3.05, 3.63) is 204 Å². The predicted octanol–water partition coefficient (Wildman–Crippen LogP) is 12.7. The number of rotatable bonds is 7. The molecule has 0 aromatic heterocycles. The van der Waals surface area contributed by atoms with Gasteiger partial charge in [0.2, 0.25) is 6.71 Å². The van der Waals surface area contributed by atoms with Crippen molar-refractivity contribution in [2.75, 3.05) is 4.90 Å². The minimum Gasteiger partial charge on any atom is -0.456 e. The molecule has 0 fully saturated rings. The fourth-order valence-electron chi connectivity index (χ4n) is 9.33. The van der Waals surface area contributed by atoms with Crippen molar-refractivity contribution in [1.82, 2.24) is 0 Å². The Balaban J connectivity index is 1.16. The van der Waals surface area contributed by atoms with Crippen LogP contribution in [0.1, 0.15) is 22.3 Å². The Kier molecular flexibility index (Phi) is 8.53. The van der Waals surface area contributed by atoms with Crippen LogP contribution in [0.4, 0.5) is 17.1 Å². The first-order valence-electron chi connectivity index (χ1n) is 19.9. The van der Waals surface area contributed by atoms with E-state index in [0.717, 1.165) is 39.7 Å². The lowest BCUT2D eigenvalue weighted by molar-refractivity contribution is 0.487. The molecule has 0 radical (unpaired) electrons. The minimum atomic E-state index is 0.0701. The molecular formula is C54H42BNO. The number of hydrogen-bond acceptors (Lipinski definition) is 2. The average molecular weight is 732 g/mol. The number of aryl methyl sites for hydroxylation is 4. The number of anilines is 3. The van der Waals surface area contributed by atoms with Crippen molar-refractivity contribution >= 4 is 61.7 Å². The number of nitrogens with zero attached hydrogens (tertiary/aromatic N) is 1. The van der Waals surface area contributed by atoms with Gasteiger partial charge in [-0.1, -0.05) is 178 Å². The minimum absolute atomic E-state index is 0.0701. The lowest BCUT2D eigenvalue weighted by atomic mass is 9.33. The van der Waals surface area contributed by atoms with Crippen LogP contribution in [-0.4, -0.2) is 6.71 Å². The third-order valence-corrected chi connectivity index (χ3v) is 12.0. The molecule has 1 aliphatic heterocycles. The van der Waals surface area contributed by atoms with Crippen LogP contribution >= 0.6 is 0 Å².